The lowest BCUT2D eigenvalue weighted by Crippen LogP contribution is -1.83. The van der Waals surface area contributed by atoms with Crippen molar-refractivity contribution in [2.24, 2.45) is 0 Å². The van der Waals surface area contributed by atoms with E-state index in [2.05, 4.69) is 0 Å². The molecule has 0 aromatic rings. The van der Waals surface area contributed by atoms with Gasteiger partial charge in [0.25, 0.3) is 0 Å². The Labute approximate surface area is 49.5 Å². The second-order valence-electron chi connectivity index (χ2n) is 1.83. The third-order valence-electron chi connectivity index (χ3n) is 1.04. The van der Waals surface area contributed by atoms with Crippen LogP contribution in [0.1, 0.15) is 25.7 Å². The molecule has 8 heavy (non-hydrogen) atoms. The van der Waals surface area contributed by atoms with Crippen LogP contribution in [-0.2, 0) is 0 Å². The van der Waals surface area contributed by atoms with Crippen molar-refractivity contribution in [3.8, 4) is 0 Å². The van der Waals surface area contributed by atoms with Crippen LogP contribution in [0.5, 0.6) is 0 Å². The lowest BCUT2D eigenvalue weighted by atomic mass is 10.2. The van der Waals surface area contributed by atoms with Gasteiger partial charge in [-0.25, -0.2) is 0 Å². The Morgan fingerprint density at radius 1 is 1.00 bits per heavy atom. The van der Waals surface area contributed by atoms with Gasteiger partial charge in [-0.05, 0) is 12.8 Å². The maximum absolute atomic E-state index is 11.4. The summed E-state index contributed by atoms with van der Waals surface area (Å²) in [5, 5.41) is 8.27. The minimum atomic E-state index is -0.217. The highest BCUT2D eigenvalue weighted by Crippen LogP contribution is 1.97. The summed E-state index contributed by atoms with van der Waals surface area (Å²) in [5.41, 5.74) is 0. The second-order valence-corrected chi connectivity index (χ2v) is 1.83. The molecule has 1 nitrogen and oxygen atoms in total. The van der Waals surface area contributed by atoms with Gasteiger partial charge in [-0.3, -0.25) is 4.39 Å². The Morgan fingerprint density at radius 3 is 2.12 bits per heavy atom. The monoisotopic (exact) mass is 120 g/mol. The first-order valence-corrected chi connectivity index (χ1v) is 3.08. The van der Waals surface area contributed by atoms with E-state index in [1.165, 1.54) is 0 Å². The number of alkyl halides is 1. The fourth-order valence-corrected chi connectivity index (χ4v) is 0.560. The fraction of sp³-hybridized carbons (Fsp3) is 1.00. The average molecular weight is 120 g/mol. The van der Waals surface area contributed by atoms with Crippen LogP contribution >= 0.6 is 0 Å². The average Bonchev–Trinajstić information content (AvgIpc) is 1.81. The Bertz CT molecular complexity index is 33.5. The molecule has 0 saturated carbocycles. The molecular formula is C6H13FO. The van der Waals surface area contributed by atoms with Gasteiger partial charge in [-0.15, -0.1) is 0 Å². The largest absolute Gasteiger partial charge is 0.396 e. The Balaban J connectivity index is 2.53. The first kappa shape index (κ1) is 7.89. The van der Waals surface area contributed by atoms with E-state index in [0.717, 1.165) is 19.3 Å². The number of aliphatic hydroxyl groups is 1. The number of hydrogen-bond acceptors (Lipinski definition) is 1. The van der Waals surface area contributed by atoms with Gasteiger partial charge >= 0.3 is 0 Å². The molecule has 0 aliphatic rings. The van der Waals surface area contributed by atoms with Gasteiger partial charge in [0.1, 0.15) is 0 Å². The normalized spacial score (nSPS) is 9.75. The van der Waals surface area contributed by atoms with E-state index < -0.39 is 0 Å². The SMILES string of the molecule is OCCCCCCF. The van der Waals surface area contributed by atoms with Gasteiger partial charge in [-0.2, -0.15) is 0 Å². The fourth-order valence-electron chi connectivity index (χ4n) is 0.560. The van der Waals surface area contributed by atoms with E-state index in [1.807, 2.05) is 0 Å². The van der Waals surface area contributed by atoms with E-state index in [9.17, 15) is 4.39 Å². The molecule has 0 heterocycles. The van der Waals surface area contributed by atoms with E-state index >= 15 is 0 Å². The number of rotatable bonds is 5. The maximum atomic E-state index is 11.4. The van der Waals surface area contributed by atoms with Crippen molar-refractivity contribution in [2.75, 3.05) is 13.3 Å². The highest BCUT2D eigenvalue weighted by Gasteiger charge is 1.85. The van der Waals surface area contributed by atoms with E-state index in [1.54, 1.807) is 0 Å². The van der Waals surface area contributed by atoms with Crippen molar-refractivity contribution in [3.63, 3.8) is 0 Å². The van der Waals surface area contributed by atoms with Gasteiger partial charge in [0, 0.05) is 6.61 Å². The zero-order valence-electron chi connectivity index (χ0n) is 5.07. The zero-order valence-corrected chi connectivity index (χ0v) is 5.07. The van der Waals surface area contributed by atoms with E-state index in [-0.39, 0.29) is 13.3 Å². The molecule has 0 amide bonds. The summed E-state index contributed by atoms with van der Waals surface area (Å²) in [7, 11) is 0. The molecule has 0 spiro atoms. The molecular weight excluding hydrogens is 107 g/mol. The predicted octanol–water partition coefficient (Wildman–Crippen LogP) is 1.51. The van der Waals surface area contributed by atoms with Crippen LogP contribution in [0.25, 0.3) is 0 Å². The second kappa shape index (κ2) is 6.89. The molecule has 0 saturated heterocycles. The lowest BCUT2D eigenvalue weighted by molar-refractivity contribution is 0.281. The molecule has 2 heteroatoms. The first-order valence-electron chi connectivity index (χ1n) is 3.08. The molecule has 0 aliphatic carbocycles. The number of aliphatic hydroxyl groups excluding tert-OH is 1. The Hall–Kier alpha value is -0.110. The topological polar surface area (TPSA) is 20.2 Å². The van der Waals surface area contributed by atoms with E-state index in [4.69, 9.17) is 5.11 Å². The molecule has 0 aromatic heterocycles. The molecule has 0 rings (SSSR count). The van der Waals surface area contributed by atoms with Crippen LogP contribution in [0.2, 0.25) is 0 Å². The number of halogens is 1. The first-order chi connectivity index (χ1) is 3.91. The van der Waals surface area contributed by atoms with Crippen LogP contribution in [-0.4, -0.2) is 18.4 Å². The van der Waals surface area contributed by atoms with Crippen molar-refractivity contribution in [1.82, 2.24) is 0 Å². The van der Waals surface area contributed by atoms with Gasteiger partial charge in [-0.1, -0.05) is 12.8 Å². The highest BCUT2D eigenvalue weighted by atomic mass is 19.1. The highest BCUT2D eigenvalue weighted by molar-refractivity contribution is 4.39. The van der Waals surface area contributed by atoms with Crippen LogP contribution in [0.4, 0.5) is 4.39 Å². The molecule has 0 fully saturated rings. The van der Waals surface area contributed by atoms with Crippen LogP contribution < -0.4 is 0 Å². The van der Waals surface area contributed by atoms with Gasteiger partial charge in [0.05, 0.1) is 6.67 Å². The van der Waals surface area contributed by atoms with Crippen molar-refractivity contribution < 1.29 is 9.50 Å². The molecule has 0 atom stereocenters. The Morgan fingerprint density at radius 2 is 1.62 bits per heavy atom. The van der Waals surface area contributed by atoms with Crippen LogP contribution in [0, 0.1) is 0 Å². The minimum Gasteiger partial charge on any atom is -0.396 e. The summed E-state index contributed by atoms with van der Waals surface area (Å²) < 4.78 is 11.4. The molecule has 0 aliphatic heterocycles. The van der Waals surface area contributed by atoms with Crippen LogP contribution in [0.15, 0.2) is 0 Å². The molecule has 0 bridgehead atoms. The lowest BCUT2D eigenvalue weighted by Gasteiger charge is -1.92. The maximum Gasteiger partial charge on any atom is 0.0894 e. The van der Waals surface area contributed by atoms with Crippen molar-refractivity contribution in [1.29, 1.82) is 0 Å². The third kappa shape index (κ3) is 5.89. The summed E-state index contributed by atoms with van der Waals surface area (Å²) in [6, 6.07) is 0. The van der Waals surface area contributed by atoms with E-state index in [0.29, 0.717) is 6.42 Å². The third-order valence-corrected chi connectivity index (χ3v) is 1.04. The number of unbranched alkanes of at least 4 members (excludes halogenated alkanes) is 3. The van der Waals surface area contributed by atoms with Crippen molar-refractivity contribution >= 4 is 0 Å². The quantitative estimate of drug-likeness (QED) is 0.545. The smallest absolute Gasteiger partial charge is 0.0894 e. The van der Waals surface area contributed by atoms with Gasteiger partial charge in [0.15, 0.2) is 0 Å². The molecule has 0 radical (unpaired) electrons. The summed E-state index contributed by atoms with van der Waals surface area (Å²) in [6.45, 7) is 0.0255. The predicted molar refractivity (Wildman–Crippen MR) is 31.5 cm³/mol. The summed E-state index contributed by atoms with van der Waals surface area (Å²) in [6.07, 6.45) is 3.34. The Kier molecular flexibility index (Phi) is 6.80. The van der Waals surface area contributed by atoms with Gasteiger partial charge < -0.3 is 5.11 Å². The van der Waals surface area contributed by atoms with Crippen LogP contribution in [0.3, 0.4) is 0 Å². The standard InChI is InChI=1S/C6H13FO/c7-5-3-1-2-4-6-8/h8H,1-6H2. The molecule has 50 valence electrons. The summed E-state index contributed by atoms with van der Waals surface area (Å²) in [4.78, 5) is 0. The molecule has 0 unspecified atom stereocenters. The number of hydrogen-bond donors (Lipinski definition) is 1. The van der Waals surface area contributed by atoms with Crippen molar-refractivity contribution in [2.45, 2.75) is 25.7 Å². The summed E-state index contributed by atoms with van der Waals surface area (Å²) >= 11 is 0. The van der Waals surface area contributed by atoms with Crippen molar-refractivity contribution in [3.05, 3.63) is 0 Å². The van der Waals surface area contributed by atoms with Gasteiger partial charge in [0.2, 0.25) is 0 Å². The zero-order chi connectivity index (χ0) is 6.24. The minimum absolute atomic E-state index is 0.217. The molecule has 1 N–H and O–H groups in total. The summed E-state index contributed by atoms with van der Waals surface area (Å²) in [5.74, 6) is 0. The molecule has 0 aromatic carbocycles.